The Kier molecular flexibility index (Phi) is 4.42. The van der Waals surface area contributed by atoms with Crippen LogP contribution in [0.3, 0.4) is 0 Å². The molecular weight excluding hydrogens is 248 g/mol. The number of ether oxygens (including phenoxy) is 1. The number of carboxylic acid groups (broad SMARTS) is 1. The highest BCUT2D eigenvalue weighted by molar-refractivity contribution is 5.83. The zero-order valence-electron chi connectivity index (χ0n) is 11.1. The summed E-state index contributed by atoms with van der Waals surface area (Å²) in [6.07, 6.45) is 4.93. The second-order valence-electron chi connectivity index (χ2n) is 5.55. The van der Waals surface area contributed by atoms with Gasteiger partial charge in [-0.25, -0.2) is 0 Å². The van der Waals surface area contributed by atoms with E-state index < -0.39 is 11.5 Å². The summed E-state index contributed by atoms with van der Waals surface area (Å²) in [4.78, 5) is 24.6. The fraction of sp³-hybridized carbons (Fsp3) is 0.846. The van der Waals surface area contributed by atoms with Crippen molar-refractivity contribution < 1.29 is 19.4 Å². The third kappa shape index (κ3) is 3.45. The molecule has 19 heavy (non-hydrogen) atoms. The smallest absolute Gasteiger partial charge is 0.325 e. The van der Waals surface area contributed by atoms with Crippen molar-refractivity contribution in [1.82, 2.24) is 4.90 Å². The summed E-state index contributed by atoms with van der Waals surface area (Å²) >= 11 is 0. The Morgan fingerprint density at radius 2 is 2.21 bits per heavy atom. The van der Waals surface area contributed by atoms with Crippen molar-refractivity contribution in [2.24, 2.45) is 5.73 Å². The first-order chi connectivity index (χ1) is 9.01. The highest BCUT2D eigenvalue weighted by Crippen LogP contribution is 2.22. The van der Waals surface area contributed by atoms with Gasteiger partial charge in [0, 0.05) is 26.1 Å². The van der Waals surface area contributed by atoms with E-state index in [1.807, 2.05) is 0 Å². The van der Waals surface area contributed by atoms with Crippen LogP contribution in [0, 0.1) is 0 Å². The molecule has 108 valence electrons. The van der Waals surface area contributed by atoms with E-state index in [9.17, 15) is 9.59 Å². The van der Waals surface area contributed by atoms with Gasteiger partial charge in [-0.1, -0.05) is 0 Å². The number of likely N-dealkylation sites (tertiary alicyclic amines) is 1. The molecule has 6 heteroatoms. The summed E-state index contributed by atoms with van der Waals surface area (Å²) in [7, 11) is 0. The SMILES string of the molecule is NC1(C(=O)O)CCN(C(=O)CCC2CCCCO2)C1. The Balaban J connectivity index is 1.76. The van der Waals surface area contributed by atoms with Crippen molar-refractivity contribution in [3.8, 4) is 0 Å². The van der Waals surface area contributed by atoms with E-state index >= 15 is 0 Å². The normalized spacial score (nSPS) is 31.4. The molecule has 2 aliphatic rings. The molecule has 2 atom stereocenters. The van der Waals surface area contributed by atoms with Crippen molar-refractivity contribution in [2.75, 3.05) is 19.7 Å². The first kappa shape index (κ1) is 14.3. The molecule has 2 fully saturated rings. The van der Waals surface area contributed by atoms with Crippen LogP contribution < -0.4 is 5.73 Å². The molecule has 0 aliphatic carbocycles. The van der Waals surface area contributed by atoms with Crippen LogP contribution in [-0.2, 0) is 14.3 Å². The third-order valence-electron chi connectivity index (χ3n) is 4.03. The molecule has 0 aromatic heterocycles. The maximum Gasteiger partial charge on any atom is 0.325 e. The minimum absolute atomic E-state index is 0.0113. The summed E-state index contributed by atoms with van der Waals surface area (Å²) in [6.45, 7) is 1.34. The van der Waals surface area contributed by atoms with Gasteiger partial charge in [0.05, 0.1) is 6.10 Å². The van der Waals surface area contributed by atoms with Gasteiger partial charge in [0.15, 0.2) is 0 Å². The molecule has 0 spiro atoms. The lowest BCUT2D eigenvalue weighted by molar-refractivity contribution is -0.143. The molecule has 2 rings (SSSR count). The average molecular weight is 270 g/mol. The zero-order valence-corrected chi connectivity index (χ0v) is 11.1. The second kappa shape index (κ2) is 5.88. The number of aliphatic carboxylic acids is 1. The first-order valence-corrected chi connectivity index (χ1v) is 6.93. The van der Waals surface area contributed by atoms with Gasteiger partial charge in [0.2, 0.25) is 5.91 Å². The number of hydrogen-bond donors (Lipinski definition) is 2. The van der Waals surface area contributed by atoms with Crippen molar-refractivity contribution in [3.05, 3.63) is 0 Å². The number of carbonyl (C=O) groups is 2. The molecule has 2 saturated heterocycles. The highest BCUT2D eigenvalue weighted by atomic mass is 16.5. The van der Waals surface area contributed by atoms with Gasteiger partial charge < -0.3 is 20.5 Å². The molecule has 2 aliphatic heterocycles. The Hall–Kier alpha value is -1.14. The quantitative estimate of drug-likeness (QED) is 0.769. The number of carbonyl (C=O) groups excluding carboxylic acids is 1. The van der Waals surface area contributed by atoms with Crippen LogP contribution in [0.15, 0.2) is 0 Å². The summed E-state index contributed by atoms with van der Waals surface area (Å²) in [5.41, 5.74) is 4.48. The summed E-state index contributed by atoms with van der Waals surface area (Å²) < 4.78 is 5.58. The van der Waals surface area contributed by atoms with Gasteiger partial charge in [-0.05, 0) is 32.1 Å². The number of nitrogens with two attached hydrogens (primary N) is 1. The van der Waals surface area contributed by atoms with Crippen molar-refractivity contribution >= 4 is 11.9 Å². The topological polar surface area (TPSA) is 92.9 Å². The summed E-state index contributed by atoms with van der Waals surface area (Å²) in [6, 6.07) is 0. The fourth-order valence-electron chi connectivity index (χ4n) is 2.70. The standard InChI is InChI=1S/C13H22N2O4/c14-13(12(17)18)6-7-15(9-13)11(16)5-4-10-3-1-2-8-19-10/h10H,1-9,14H2,(H,17,18). The van der Waals surface area contributed by atoms with E-state index in [0.29, 0.717) is 19.4 Å². The Bertz CT molecular complexity index is 355. The van der Waals surface area contributed by atoms with E-state index in [1.165, 1.54) is 0 Å². The maximum absolute atomic E-state index is 12.0. The van der Waals surface area contributed by atoms with Crippen LogP contribution in [0.4, 0.5) is 0 Å². The summed E-state index contributed by atoms with van der Waals surface area (Å²) in [5, 5.41) is 9.02. The average Bonchev–Trinajstić information content (AvgIpc) is 2.81. The van der Waals surface area contributed by atoms with Crippen molar-refractivity contribution in [2.45, 2.75) is 50.2 Å². The zero-order chi connectivity index (χ0) is 13.9. The molecule has 0 bridgehead atoms. The van der Waals surface area contributed by atoms with E-state index in [-0.39, 0.29) is 18.6 Å². The van der Waals surface area contributed by atoms with Crippen LogP contribution >= 0.6 is 0 Å². The number of rotatable bonds is 4. The largest absolute Gasteiger partial charge is 0.480 e. The molecular formula is C13H22N2O4. The molecule has 0 aromatic rings. The van der Waals surface area contributed by atoms with Gasteiger partial charge >= 0.3 is 5.97 Å². The Labute approximate surface area is 112 Å². The number of hydrogen-bond acceptors (Lipinski definition) is 4. The molecule has 3 N–H and O–H groups in total. The van der Waals surface area contributed by atoms with E-state index in [1.54, 1.807) is 4.90 Å². The predicted octanol–water partition coefficient (Wildman–Crippen LogP) is 0.350. The van der Waals surface area contributed by atoms with Crippen LogP contribution in [0.1, 0.15) is 38.5 Å². The molecule has 0 radical (unpaired) electrons. The maximum atomic E-state index is 12.0. The lowest BCUT2D eigenvalue weighted by atomic mass is 10.0. The molecule has 2 heterocycles. The van der Waals surface area contributed by atoms with E-state index in [2.05, 4.69) is 0 Å². The molecule has 0 saturated carbocycles. The van der Waals surface area contributed by atoms with Gasteiger partial charge in [-0.3, -0.25) is 9.59 Å². The van der Waals surface area contributed by atoms with Crippen LogP contribution in [0.25, 0.3) is 0 Å². The summed E-state index contributed by atoms with van der Waals surface area (Å²) in [5.74, 6) is -1.04. The molecule has 6 nitrogen and oxygen atoms in total. The Morgan fingerprint density at radius 3 is 2.79 bits per heavy atom. The minimum atomic E-state index is -1.27. The Morgan fingerprint density at radius 1 is 1.42 bits per heavy atom. The van der Waals surface area contributed by atoms with Crippen LogP contribution in [0.2, 0.25) is 0 Å². The number of nitrogens with zero attached hydrogens (tertiary/aromatic N) is 1. The molecule has 2 unspecified atom stereocenters. The lowest BCUT2D eigenvalue weighted by Gasteiger charge is -2.24. The number of carboxylic acids is 1. The predicted molar refractivity (Wildman–Crippen MR) is 68.6 cm³/mol. The van der Waals surface area contributed by atoms with Crippen molar-refractivity contribution in [3.63, 3.8) is 0 Å². The first-order valence-electron chi connectivity index (χ1n) is 6.93. The lowest BCUT2D eigenvalue weighted by Crippen LogP contribution is -2.50. The van der Waals surface area contributed by atoms with Crippen molar-refractivity contribution in [1.29, 1.82) is 0 Å². The second-order valence-corrected chi connectivity index (χ2v) is 5.55. The number of amides is 1. The van der Waals surface area contributed by atoms with Gasteiger partial charge in [-0.15, -0.1) is 0 Å². The van der Waals surface area contributed by atoms with Gasteiger partial charge in [0.1, 0.15) is 5.54 Å². The van der Waals surface area contributed by atoms with E-state index in [0.717, 1.165) is 32.3 Å². The minimum Gasteiger partial charge on any atom is -0.480 e. The fourth-order valence-corrected chi connectivity index (χ4v) is 2.70. The van der Waals surface area contributed by atoms with Crippen LogP contribution in [-0.4, -0.2) is 53.2 Å². The van der Waals surface area contributed by atoms with Crippen LogP contribution in [0.5, 0.6) is 0 Å². The highest BCUT2D eigenvalue weighted by Gasteiger charge is 2.42. The van der Waals surface area contributed by atoms with Gasteiger partial charge in [-0.2, -0.15) is 0 Å². The third-order valence-corrected chi connectivity index (χ3v) is 4.03. The van der Waals surface area contributed by atoms with E-state index in [4.69, 9.17) is 15.6 Å². The van der Waals surface area contributed by atoms with Gasteiger partial charge in [0.25, 0.3) is 0 Å². The molecule has 0 aromatic carbocycles. The monoisotopic (exact) mass is 270 g/mol. The molecule has 1 amide bonds.